The lowest BCUT2D eigenvalue weighted by molar-refractivity contribution is 0.558. The fraction of sp³-hybridized carbons (Fsp3) is 0.389. The van der Waals surface area contributed by atoms with E-state index in [1.807, 2.05) is 0 Å². The van der Waals surface area contributed by atoms with Crippen LogP contribution >= 0.6 is 0 Å². The highest BCUT2D eigenvalue weighted by atomic mass is 14.4. The summed E-state index contributed by atoms with van der Waals surface area (Å²) >= 11 is 0. The van der Waals surface area contributed by atoms with Crippen molar-refractivity contribution in [2.24, 2.45) is 0 Å². The quantitative estimate of drug-likeness (QED) is 0.353. The summed E-state index contributed by atoms with van der Waals surface area (Å²) in [4.78, 5) is 0. The standard InChI is InChI=1S/C36H42/c1-33(2,3)29-13-9-25(10-14-29)27-21-35(7,22-27)31-17-19-32(20-18-31)36(8)23-28(24-36)26-11-15-30(16-12-26)34(4,5)6/h9-21,23H,22,24H2,1-8H3/t35-,36-/m1/s1. The molecule has 3 aromatic carbocycles. The number of hydrogen-bond donors (Lipinski definition) is 0. The Hall–Kier alpha value is -2.86. The Morgan fingerprint density at radius 3 is 1.00 bits per heavy atom. The van der Waals surface area contributed by atoms with Crippen molar-refractivity contribution in [3.05, 3.63) is 118 Å². The van der Waals surface area contributed by atoms with E-state index in [0.29, 0.717) is 0 Å². The summed E-state index contributed by atoms with van der Waals surface area (Å²) in [6.07, 6.45) is 7.15. The summed E-state index contributed by atoms with van der Waals surface area (Å²) in [6.45, 7) is 18.4. The first-order valence-electron chi connectivity index (χ1n) is 13.5. The zero-order valence-corrected chi connectivity index (χ0v) is 23.5. The molecule has 2 atom stereocenters. The molecule has 0 saturated carbocycles. The fourth-order valence-electron chi connectivity index (χ4n) is 5.84. The second-order valence-electron chi connectivity index (χ2n) is 13.8. The molecule has 2 aliphatic rings. The van der Waals surface area contributed by atoms with Gasteiger partial charge in [0, 0.05) is 10.8 Å². The van der Waals surface area contributed by atoms with E-state index in [-0.39, 0.29) is 21.7 Å². The van der Waals surface area contributed by atoms with Gasteiger partial charge in [0.1, 0.15) is 0 Å². The van der Waals surface area contributed by atoms with Crippen LogP contribution in [0.2, 0.25) is 0 Å². The van der Waals surface area contributed by atoms with Crippen LogP contribution in [-0.4, -0.2) is 0 Å². The second kappa shape index (κ2) is 8.34. The van der Waals surface area contributed by atoms with E-state index in [2.05, 4.69) is 140 Å². The van der Waals surface area contributed by atoms with Crippen molar-refractivity contribution in [2.45, 2.75) is 89.9 Å². The van der Waals surface area contributed by atoms with Gasteiger partial charge < -0.3 is 0 Å². The Morgan fingerprint density at radius 1 is 0.472 bits per heavy atom. The molecule has 0 N–H and O–H groups in total. The smallest absolute Gasteiger partial charge is 0.0150 e. The molecule has 0 unspecified atom stereocenters. The summed E-state index contributed by atoms with van der Waals surface area (Å²) in [5, 5.41) is 0. The van der Waals surface area contributed by atoms with Crippen LogP contribution in [0.4, 0.5) is 0 Å². The van der Waals surface area contributed by atoms with Crippen molar-refractivity contribution in [1.29, 1.82) is 0 Å². The van der Waals surface area contributed by atoms with Crippen LogP contribution in [0.1, 0.15) is 102 Å². The Balaban J connectivity index is 1.28. The molecule has 0 amide bonds. The van der Waals surface area contributed by atoms with Gasteiger partial charge in [-0.3, -0.25) is 0 Å². The second-order valence-corrected chi connectivity index (χ2v) is 13.8. The Labute approximate surface area is 219 Å². The maximum Gasteiger partial charge on any atom is 0.0150 e. The zero-order chi connectivity index (χ0) is 25.9. The van der Waals surface area contributed by atoms with Crippen molar-refractivity contribution in [1.82, 2.24) is 0 Å². The molecular weight excluding hydrogens is 432 g/mol. The third-order valence-electron chi connectivity index (χ3n) is 8.55. The minimum atomic E-state index is 0.132. The maximum absolute atomic E-state index is 2.47. The highest BCUT2D eigenvalue weighted by Gasteiger charge is 2.37. The van der Waals surface area contributed by atoms with Gasteiger partial charge in [-0.1, -0.05) is 140 Å². The molecule has 0 radical (unpaired) electrons. The number of hydrogen-bond acceptors (Lipinski definition) is 0. The SMILES string of the molecule is CC(C)(C)c1ccc(C2=C[C@@](C)(c3ccc([C@]4(C)C=C(c5ccc(C(C)(C)C)cc5)C4)cc3)C2)cc1. The van der Waals surface area contributed by atoms with Gasteiger partial charge in [0.05, 0.1) is 0 Å². The molecular formula is C36H42. The predicted octanol–water partition coefficient (Wildman–Crippen LogP) is 9.77. The van der Waals surface area contributed by atoms with Crippen LogP contribution < -0.4 is 0 Å². The monoisotopic (exact) mass is 474 g/mol. The molecule has 0 heterocycles. The first kappa shape index (κ1) is 24.8. The largest absolute Gasteiger partial charge is 0.0700 e. The minimum absolute atomic E-state index is 0.132. The Bertz CT molecular complexity index is 1210. The molecule has 0 spiro atoms. The first-order valence-corrected chi connectivity index (χ1v) is 13.5. The number of allylic oxidation sites excluding steroid dienone is 4. The third-order valence-corrected chi connectivity index (χ3v) is 8.55. The van der Waals surface area contributed by atoms with E-state index in [1.54, 1.807) is 0 Å². The lowest BCUT2D eigenvalue weighted by Crippen LogP contribution is -2.29. The highest BCUT2D eigenvalue weighted by molar-refractivity contribution is 5.77. The maximum atomic E-state index is 2.47. The van der Waals surface area contributed by atoms with E-state index in [9.17, 15) is 0 Å². The van der Waals surface area contributed by atoms with Crippen molar-refractivity contribution >= 4 is 11.1 Å². The molecule has 186 valence electrons. The molecule has 0 saturated heterocycles. The zero-order valence-electron chi connectivity index (χ0n) is 23.5. The van der Waals surface area contributed by atoms with Crippen molar-refractivity contribution in [2.75, 3.05) is 0 Å². The van der Waals surface area contributed by atoms with Gasteiger partial charge in [-0.15, -0.1) is 0 Å². The van der Waals surface area contributed by atoms with Crippen LogP contribution in [0.25, 0.3) is 11.1 Å². The van der Waals surface area contributed by atoms with E-state index < -0.39 is 0 Å². The lowest BCUT2D eigenvalue weighted by atomic mass is 9.64. The molecule has 3 aromatic rings. The van der Waals surface area contributed by atoms with Crippen LogP contribution in [0, 0.1) is 0 Å². The van der Waals surface area contributed by atoms with Gasteiger partial charge in [0.15, 0.2) is 0 Å². The van der Waals surface area contributed by atoms with E-state index in [4.69, 9.17) is 0 Å². The topological polar surface area (TPSA) is 0 Å². The van der Waals surface area contributed by atoms with Crippen molar-refractivity contribution < 1.29 is 0 Å². The third kappa shape index (κ3) is 4.52. The van der Waals surface area contributed by atoms with Gasteiger partial charge in [0.2, 0.25) is 0 Å². The number of benzene rings is 3. The minimum Gasteiger partial charge on any atom is -0.0700 e. The van der Waals surface area contributed by atoms with Crippen LogP contribution in [0.15, 0.2) is 84.9 Å². The normalized spacial score (nSPS) is 23.9. The molecule has 0 bridgehead atoms. The van der Waals surface area contributed by atoms with Crippen LogP contribution in [0.3, 0.4) is 0 Å². The van der Waals surface area contributed by atoms with Gasteiger partial charge in [-0.25, -0.2) is 0 Å². The summed E-state index contributed by atoms with van der Waals surface area (Å²) in [6, 6.07) is 27.8. The summed E-state index contributed by atoms with van der Waals surface area (Å²) in [7, 11) is 0. The Morgan fingerprint density at radius 2 is 0.750 bits per heavy atom. The summed E-state index contributed by atoms with van der Waals surface area (Å²) < 4.78 is 0. The molecule has 36 heavy (non-hydrogen) atoms. The van der Waals surface area contributed by atoms with Crippen molar-refractivity contribution in [3.8, 4) is 0 Å². The number of rotatable bonds is 4. The summed E-state index contributed by atoms with van der Waals surface area (Å²) in [5.74, 6) is 0. The van der Waals surface area contributed by atoms with E-state index in [1.165, 1.54) is 44.5 Å². The molecule has 0 aliphatic heterocycles. The molecule has 5 rings (SSSR count). The molecule has 0 nitrogen and oxygen atoms in total. The van der Waals surface area contributed by atoms with E-state index in [0.717, 1.165) is 12.8 Å². The highest BCUT2D eigenvalue weighted by Crippen LogP contribution is 2.49. The average Bonchev–Trinajstić information content (AvgIpc) is 2.79. The van der Waals surface area contributed by atoms with Gasteiger partial charge in [0.25, 0.3) is 0 Å². The molecule has 0 aromatic heterocycles. The van der Waals surface area contributed by atoms with Gasteiger partial charge in [-0.05, 0) is 68.2 Å². The predicted molar refractivity (Wildman–Crippen MR) is 157 cm³/mol. The van der Waals surface area contributed by atoms with Gasteiger partial charge in [-0.2, -0.15) is 0 Å². The summed E-state index contributed by atoms with van der Waals surface area (Å²) in [5.41, 5.74) is 12.0. The van der Waals surface area contributed by atoms with Gasteiger partial charge >= 0.3 is 0 Å². The lowest BCUT2D eigenvalue weighted by Gasteiger charge is -2.40. The average molecular weight is 475 g/mol. The molecule has 0 heteroatoms. The van der Waals surface area contributed by atoms with Crippen LogP contribution in [-0.2, 0) is 21.7 Å². The Kier molecular flexibility index (Phi) is 5.75. The van der Waals surface area contributed by atoms with Crippen LogP contribution in [0.5, 0.6) is 0 Å². The molecule has 2 aliphatic carbocycles. The molecule has 0 fully saturated rings. The van der Waals surface area contributed by atoms with E-state index >= 15 is 0 Å². The van der Waals surface area contributed by atoms with Crippen molar-refractivity contribution in [3.63, 3.8) is 0 Å². The first-order chi connectivity index (χ1) is 16.8. The fourth-order valence-corrected chi connectivity index (χ4v) is 5.84.